The maximum Gasteiger partial charge on any atom is 0.311 e. The molecule has 1 aliphatic rings. The Morgan fingerprint density at radius 1 is 0.740 bits per heavy atom. The number of hydrogen-bond donors (Lipinski definition) is 0. The largest absolute Gasteiger partial charge is 0.454 e. The average molecular weight is 683 g/mol. The Hall–Kier alpha value is -5.22. The highest BCUT2D eigenvalue weighted by atomic mass is 16.7. The number of benzene rings is 3. The standard InChI is InChI=1S/C40H42O10/c1-5-9-22-45-40(26-18-11-10-12-19-26)25-29(28-20-13-14-21-30(28)50-40)38-39(49-35(43)17-8-4)37(44)36-31(47-34(42)16-7-3)23-27(24-32(36)48-38)46-33(41)15-6-2/h10-14,18-21,23-25H,5-9,15-17,22H2,1-4H3. The number of carbonyl (C=O) groups is 3. The first-order chi connectivity index (χ1) is 24.2. The van der Waals surface area contributed by atoms with E-state index in [2.05, 4.69) is 6.92 Å². The highest BCUT2D eigenvalue weighted by Gasteiger charge is 2.41. The van der Waals surface area contributed by atoms with Crippen LogP contribution in [0.15, 0.2) is 82.0 Å². The quantitative estimate of drug-likeness (QED) is 0.0685. The van der Waals surface area contributed by atoms with Gasteiger partial charge in [-0.05, 0) is 31.7 Å². The molecule has 3 aromatic carbocycles. The summed E-state index contributed by atoms with van der Waals surface area (Å²) in [6, 6.07) is 19.3. The van der Waals surface area contributed by atoms with Crippen LogP contribution in [0.3, 0.4) is 0 Å². The van der Waals surface area contributed by atoms with E-state index in [1.54, 1.807) is 18.2 Å². The third-order valence-electron chi connectivity index (χ3n) is 7.93. The molecule has 0 fully saturated rings. The second kappa shape index (κ2) is 16.5. The lowest BCUT2D eigenvalue weighted by molar-refractivity contribution is -0.156. The van der Waals surface area contributed by atoms with E-state index in [1.165, 1.54) is 12.1 Å². The lowest BCUT2D eigenvalue weighted by atomic mass is 9.92. The lowest BCUT2D eigenvalue weighted by Gasteiger charge is -2.37. The number of unbranched alkanes of at least 4 members (excludes halogenated alkanes) is 1. The van der Waals surface area contributed by atoms with Gasteiger partial charge in [0.05, 0.1) is 6.61 Å². The summed E-state index contributed by atoms with van der Waals surface area (Å²) in [7, 11) is 0. The first-order valence-electron chi connectivity index (χ1n) is 17.2. The summed E-state index contributed by atoms with van der Waals surface area (Å²) >= 11 is 0. The van der Waals surface area contributed by atoms with Crippen molar-refractivity contribution < 1.29 is 42.5 Å². The van der Waals surface area contributed by atoms with Crippen LogP contribution in [0.25, 0.3) is 16.5 Å². The Balaban J connectivity index is 1.84. The van der Waals surface area contributed by atoms with Gasteiger partial charge in [0.25, 0.3) is 5.79 Å². The molecule has 1 unspecified atom stereocenters. The molecule has 10 heteroatoms. The van der Waals surface area contributed by atoms with E-state index in [0.29, 0.717) is 48.3 Å². The normalized spacial score (nSPS) is 15.1. The summed E-state index contributed by atoms with van der Waals surface area (Å²) in [6.07, 6.45) is 5.14. The van der Waals surface area contributed by atoms with Crippen molar-refractivity contribution >= 4 is 34.5 Å². The average Bonchev–Trinajstić information content (AvgIpc) is 3.09. The molecule has 0 radical (unpaired) electrons. The maximum atomic E-state index is 14.6. The molecular formula is C40H42O10. The third kappa shape index (κ3) is 7.97. The zero-order valence-corrected chi connectivity index (χ0v) is 28.9. The number of ether oxygens (including phenoxy) is 5. The third-order valence-corrected chi connectivity index (χ3v) is 7.93. The van der Waals surface area contributed by atoms with Gasteiger partial charge in [0.1, 0.15) is 28.2 Å². The van der Waals surface area contributed by atoms with E-state index >= 15 is 0 Å². The Kier molecular flexibility index (Phi) is 11.9. The Morgan fingerprint density at radius 2 is 1.38 bits per heavy atom. The number of hydrogen-bond acceptors (Lipinski definition) is 10. The van der Waals surface area contributed by atoms with Gasteiger partial charge in [0, 0.05) is 54.2 Å². The van der Waals surface area contributed by atoms with E-state index in [-0.39, 0.29) is 47.5 Å². The number of para-hydroxylation sites is 1. The van der Waals surface area contributed by atoms with Crippen LogP contribution in [0.5, 0.6) is 23.0 Å². The van der Waals surface area contributed by atoms with Crippen molar-refractivity contribution in [1.82, 2.24) is 0 Å². The summed E-state index contributed by atoms with van der Waals surface area (Å²) in [5.74, 6) is -3.40. The van der Waals surface area contributed by atoms with E-state index in [1.807, 2.05) is 63.2 Å². The smallest absolute Gasteiger partial charge is 0.311 e. The summed E-state index contributed by atoms with van der Waals surface area (Å²) in [4.78, 5) is 52.9. The van der Waals surface area contributed by atoms with Crippen LogP contribution in [0.2, 0.25) is 0 Å². The monoisotopic (exact) mass is 682 g/mol. The summed E-state index contributed by atoms with van der Waals surface area (Å²) in [5, 5.41) is -0.151. The van der Waals surface area contributed by atoms with Crippen molar-refractivity contribution in [1.29, 1.82) is 0 Å². The van der Waals surface area contributed by atoms with Gasteiger partial charge >= 0.3 is 17.9 Å². The summed E-state index contributed by atoms with van der Waals surface area (Å²) in [6.45, 7) is 7.88. The predicted octanol–water partition coefficient (Wildman–Crippen LogP) is 8.40. The molecule has 0 N–H and O–H groups in total. The first-order valence-corrected chi connectivity index (χ1v) is 17.2. The molecule has 4 aromatic rings. The molecule has 50 heavy (non-hydrogen) atoms. The topological polar surface area (TPSA) is 128 Å². The number of esters is 3. The Morgan fingerprint density at radius 3 is 2.06 bits per heavy atom. The summed E-state index contributed by atoms with van der Waals surface area (Å²) < 4.78 is 36.7. The Bertz CT molecular complexity index is 1940. The van der Waals surface area contributed by atoms with Crippen LogP contribution in [0.1, 0.15) is 95.9 Å². The van der Waals surface area contributed by atoms with Crippen molar-refractivity contribution in [3.8, 4) is 23.0 Å². The van der Waals surface area contributed by atoms with Gasteiger partial charge in [-0.1, -0.05) is 82.6 Å². The zero-order valence-electron chi connectivity index (χ0n) is 28.9. The number of fused-ring (bicyclic) bond motifs is 2. The van der Waals surface area contributed by atoms with Crippen LogP contribution in [0, 0.1) is 0 Å². The second-order valence-corrected chi connectivity index (χ2v) is 11.9. The SMILES string of the molecule is CCCCOC1(c2ccccc2)C=C(c2oc3cc(OC(=O)CCC)cc(OC(=O)CCC)c3c(=O)c2OC(=O)CCC)c2ccccc2O1. The first kappa shape index (κ1) is 36.1. The minimum atomic E-state index is -1.45. The van der Waals surface area contributed by atoms with Crippen molar-refractivity contribution in [2.24, 2.45) is 0 Å². The zero-order chi connectivity index (χ0) is 35.7. The van der Waals surface area contributed by atoms with Crippen molar-refractivity contribution in [3.05, 3.63) is 99.9 Å². The Labute approximate surface area is 290 Å². The molecular weight excluding hydrogens is 640 g/mol. The fourth-order valence-corrected chi connectivity index (χ4v) is 5.55. The van der Waals surface area contributed by atoms with Crippen LogP contribution in [-0.4, -0.2) is 24.5 Å². The van der Waals surface area contributed by atoms with E-state index < -0.39 is 34.9 Å². The van der Waals surface area contributed by atoms with Gasteiger partial charge in [0.2, 0.25) is 11.2 Å². The molecule has 0 aliphatic carbocycles. The van der Waals surface area contributed by atoms with E-state index in [9.17, 15) is 19.2 Å². The van der Waals surface area contributed by atoms with Crippen molar-refractivity contribution in [2.75, 3.05) is 6.61 Å². The molecule has 1 aromatic heterocycles. The van der Waals surface area contributed by atoms with Crippen molar-refractivity contribution in [3.63, 3.8) is 0 Å². The molecule has 0 bridgehead atoms. The molecule has 1 aliphatic heterocycles. The van der Waals surface area contributed by atoms with Crippen LogP contribution < -0.4 is 24.4 Å². The van der Waals surface area contributed by atoms with Crippen LogP contribution >= 0.6 is 0 Å². The molecule has 2 heterocycles. The van der Waals surface area contributed by atoms with Crippen LogP contribution in [-0.2, 0) is 24.9 Å². The lowest BCUT2D eigenvalue weighted by Crippen LogP contribution is -2.37. The molecule has 262 valence electrons. The molecule has 0 amide bonds. The van der Waals surface area contributed by atoms with Crippen LogP contribution in [0.4, 0.5) is 0 Å². The van der Waals surface area contributed by atoms with E-state index in [0.717, 1.165) is 12.8 Å². The highest BCUT2D eigenvalue weighted by Crippen LogP contribution is 2.47. The predicted molar refractivity (Wildman–Crippen MR) is 187 cm³/mol. The van der Waals surface area contributed by atoms with Crippen molar-refractivity contribution in [2.45, 2.75) is 84.8 Å². The highest BCUT2D eigenvalue weighted by molar-refractivity contribution is 5.94. The van der Waals surface area contributed by atoms with Gasteiger partial charge in [-0.2, -0.15) is 0 Å². The molecule has 1 atom stereocenters. The minimum Gasteiger partial charge on any atom is -0.454 e. The van der Waals surface area contributed by atoms with Gasteiger partial charge in [-0.3, -0.25) is 19.2 Å². The molecule has 0 spiro atoms. The molecule has 5 rings (SSSR count). The second-order valence-electron chi connectivity index (χ2n) is 11.9. The van der Waals surface area contributed by atoms with Gasteiger partial charge in [-0.25, -0.2) is 0 Å². The minimum absolute atomic E-state index is 0.0166. The summed E-state index contributed by atoms with van der Waals surface area (Å²) in [5.41, 5.74) is 0.796. The molecule has 0 saturated heterocycles. The van der Waals surface area contributed by atoms with Gasteiger partial charge < -0.3 is 28.1 Å². The number of carbonyl (C=O) groups excluding carboxylic acids is 3. The fraction of sp³-hybridized carbons (Fsp3) is 0.350. The molecule has 0 saturated carbocycles. The van der Waals surface area contributed by atoms with Gasteiger partial charge in [-0.15, -0.1) is 0 Å². The number of rotatable bonds is 15. The maximum absolute atomic E-state index is 14.6. The fourth-order valence-electron chi connectivity index (χ4n) is 5.55. The molecule has 10 nitrogen and oxygen atoms in total. The van der Waals surface area contributed by atoms with E-state index in [4.69, 9.17) is 28.1 Å². The van der Waals surface area contributed by atoms with Gasteiger partial charge in [0.15, 0.2) is 5.76 Å².